The van der Waals surface area contributed by atoms with Gasteiger partial charge in [0.25, 0.3) is 11.7 Å². The monoisotopic (exact) mass is 678 g/mol. The summed E-state index contributed by atoms with van der Waals surface area (Å²) in [4.78, 5) is 36.1. The molecule has 2 amide bonds. The number of imidazole rings is 1. The first kappa shape index (κ1) is 31.5. The van der Waals surface area contributed by atoms with Gasteiger partial charge in [-0.15, -0.1) is 0 Å². The van der Waals surface area contributed by atoms with E-state index in [1.807, 2.05) is 0 Å². The van der Waals surface area contributed by atoms with Crippen LogP contribution in [0.5, 0.6) is 0 Å². The molecule has 6 atom stereocenters. The van der Waals surface area contributed by atoms with E-state index in [0.29, 0.717) is 43.1 Å². The second-order valence-corrected chi connectivity index (χ2v) is 14.2. The largest absolute Gasteiger partial charge is 0.393 e. The van der Waals surface area contributed by atoms with E-state index in [4.69, 9.17) is 19.4 Å². The lowest BCUT2D eigenvalue weighted by atomic mass is 9.80. The number of rotatable bonds is 7. The van der Waals surface area contributed by atoms with Crippen LogP contribution in [-0.4, -0.2) is 73.6 Å². The standard InChI is InChI=1S/C31H35F5N8O4/c32-30(33)7-1-3-16(9-30)21(39-26(45)25-23(15-5-6-15)42-48-43-25)20-13-44-28(38-20)40-22(17-4-2-8-47-14-17)24(41-44)19-11-29(19)10-18(31(34,35)36)12-37-27(29)46/h13,15-19,21H,1-12,14H2,(H,37,46)(H,39,45)/t16-,17?,18+,19?,21-,29?/m0/s1. The molecule has 0 bridgehead atoms. The third-order valence-corrected chi connectivity index (χ3v) is 10.8. The summed E-state index contributed by atoms with van der Waals surface area (Å²) in [7, 11) is 0. The average Bonchev–Trinajstić information content (AvgIpc) is 3.92. The highest BCUT2D eigenvalue weighted by atomic mass is 19.4. The zero-order valence-corrected chi connectivity index (χ0v) is 25.9. The van der Waals surface area contributed by atoms with Crippen LogP contribution in [0.25, 0.3) is 5.78 Å². The van der Waals surface area contributed by atoms with Crippen LogP contribution in [0.15, 0.2) is 10.8 Å². The van der Waals surface area contributed by atoms with E-state index in [0.717, 1.165) is 19.3 Å². The number of alkyl halides is 5. The number of ether oxygens (including phenoxy) is 1. The summed E-state index contributed by atoms with van der Waals surface area (Å²) in [5.74, 6) is -6.93. The summed E-state index contributed by atoms with van der Waals surface area (Å²) in [6, 6.07) is -0.954. The van der Waals surface area contributed by atoms with Gasteiger partial charge in [-0.25, -0.2) is 27.9 Å². The molecule has 2 N–H and O–H groups in total. The quantitative estimate of drug-likeness (QED) is 0.338. The molecule has 2 saturated heterocycles. The van der Waals surface area contributed by atoms with Gasteiger partial charge in [-0.05, 0) is 62.4 Å². The molecule has 3 unspecified atom stereocenters. The van der Waals surface area contributed by atoms with Gasteiger partial charge in [0.1, 0.15) is 5.69 Å². The van der Waals surface area contributed by atoms with Crippen LogP contribution < -0.4 is 10.6 Å². The molecule has 8 rings (SSSR count). The molecule has 5 heterocycles. The fourth-order valence-corrected chi connectivity index (χ4v) is 8.00. The zero-order chi connectivity index (χ0) is 33.4. The van der Waals surface area contributed by atoms with Gasteiger partial charge in [0.2, 0.25) is 11.8 Å². The molecule has 1 spiro atoms. The molecule has 2 aliphatic heterocycles. The van der Waals surface area contributed by atoms with E-state index < -0.39 is 66.1 Å². The highest BCUT2D eigenvalue weighted by molar-refractivity contribution is 5.93. The molecule has 12 nitrogen and oxygen atoms in total. The highest BCUT2D eigenvalue weighted by Gasteiger charge is 2.66. The van der Waals surface area contributed by atoms with Crippen LogP contribution in [0.3, 0.4) is 0 Å². The molecule has 3 saturated carbocycles. The van der Waals surface area contributed by atoms with Crippen molar-refractivity contribution in [1.29, 1.82) is 0 Å². The number of hydrogen-bond acceptors (Lipinski definition) is 9. The normalized spacial score (nSPS) is 31.1. The maximum atomic E-state index is 14.7. The average molecular weight is 679 g/mol. The van der Waals surface area contributed by atoms with Crippen molar-refractivity contribution < 1.29 is 40.9 Å². The Morgan fingerprint density at radius 1 is 1.02 bits per heavy atom. The number of aromatic nitrogens is 6. The Morgan fingerprint density at radius 2 is 1.85 bits per heavy atom. The number of halogens is 5. The van der Waals surface area contributed by atoms with Gasteiger partial charge in [0.15, 0.2) is 5.69 Å². The molecule has 5 aliphatic rings. The van der Waals surface area contributed by atoms with Crippen molar-refractivity contribution in [3.8, 4) is 0 Å². The van der Waals surface area contributed by atoms with Gasteiger partial charge < -0.3 is 15.4 Å². The third kappa shape index (κ3) is 5.70. The van der Waals surface area contributed by atoms with Crippen LogP contribution in [0.1, 0.15) is 121 Å². The fraction of sp³-hybridized carbons (Fsp3) is 0.710. The van der Waals surface area contributed by atoms with Gasteiger partial charge >= 0.3 is 6.18 Å². The highest BCUT2D eigenvalue weighted by Crippen LogP contribution is 2.65. The maximum Gasteiger partial charge on any atom is 0.393 e. The number of carbonyl (C=O) groups is 2. The molecule has 3 aliphatic carbocycles. The Kier molecular flexibility index (Phi) is 7.49. The molecule has 17 heteroatoms. The van der Waals surface area contributed by atoms with Crippen molar-refractivity contribution in [1.82, 2.24) is 40.5 Å². The van der Waals surface area contributed by atoms with Crippen molar-refractivity contribution in [2.24, 2.45) is 17.3 Å². The van der Waals surface area contributed by atoms with Crippen LogP contribution in [0.2, 0.25) is 0 Å². The van der Waals surface area contributed by atoms with E-state index in [-0.39, 0.29) is 54.7 Å². The number of fused-ring (bicyclic) bond motifs is 1. The molecule has 258 valence electrons. The predicted molar refractivity (Wildman–Crippen MR) is 154 cm³/mol. The number of amides is 2. The topological polar surface area (TPSA) is 149 Å². The van der Waals surface area contributed by atoms with E-state index in [2.05, 4.69) is 25.9 Å². The molecule has 5 fully saturated rings. The van der Waals surface area contributed by atoms with E-state index in [9.17, 15) is 31.5 Å². The van der Waals surface area contributed by atoms with E-state index in [1.165, 1.54) is 10.7 Å². The SMILES string of the molecule is O=C(N[C@H](c1cn2nc(C3CC34C[C@@H](C(F)(F)F)CNC4=O)c(C3CCCOC3)nc2n1)[C@H]1CCCC(F)(F)C1)c1nonc1C1CC1. The second-order valence-electron chi connectivity index (χ2n) is 14.2. The van der Waals surface area contributed by atoms with Gasteiger partial charge in [-0.1, -0.05) is 5.16 Å². The van der Waals surface area contributed by atoms with Crippen LogP contribution in [0.4, 0.5) is 22.0 Å². The molecule has 0 aromatic carbocycles. The Hall–Kier alpha value is -3.76. The van der Waals surface area contributed by atoms with Gasteiger partial charge in [-0.3, -0.25) is 9.59 Å². The van der Waals surface area contributed by atoms with Crippen molar-refractivity contribution in [3.63, 3.8) is 0 Å². The Labute approximate surface area is 270 Å². The van der Waals surface area contributed by atoms with E-state index in [1.54, 1.807) is 0 Å². The lowest BCUT2D eigenvalue weighted by Gasteiger charge is -2.33. The van der Waals surface area contributed by atoms with Gasteiger partial charge in [0.05, 0.1) is 47.3 Å². The summed E-state index contributed by atoms with van der Waals surface area (Å²) >= 11 is 0. The first-order valence-electron chi connectivity index (χ1n) is 16.6. The first-order chi connectivity index (χ1) is 22.9. The van der Waals surface area contributed by atoms with Crippen molar-refractivity contribution in [3.05, 3.63) is 34.7 Å². The summed E-state index contributed by atoms with van der Waals surface area (Å²) in [5, 5.41) is 17.8. The van der Waals surface area contributed by atoms with Gasteiger partial charge in [-0.2, -0.15) is 18.3 Å². The summed E-state index contributed by atoms with van der Waals surface area (Å²) in [6.45, 7) is 0.429. The summed E-state index contributed by atoms with van der Waals surface area (Å²) in [6.07, 6.45) is -0.00503. The molecule has 48 heavy (non-hydrogen) atoms. The van der Waals surface area contributed by atoms with Crippen LogP contribution in [0, 0.1) is 17.3 Å². The number of hydrogen-bond donors (Lipinski definition) is 2. The van der Waals surface area contributed by atoms with Crippen molar-refractivity contribution >= 4 is 17.6 Å². The minimum Gasteiger partial charge on any atom is -0.381 e. The minimum absolute atomic E-state index is 0.00825. The lowest BCUT2D eigenvalue weighted by Crippen LogP contribution is -2.48. The minimum atomic E-state index is -4.46. The van der Waals surface area contributed by atoms with Gasteiger partial charge in [0, 0.05) is 43.7 Å². The molecule has 3 aromatic rings. The number of carbonyl (C=O) groups excluding carboxylic acids is 2. The third-order valence-electron chi connectivity index (χ3n) is 10.8. The Morgan fingerprint density at radius 3 is 2.58 bits per heavy atom. The predicted octanol–water partition coefficient (Wildman–Crippen LogP) is 4.75. The molecule has 3 aromatic heterocycles. The fourth-order valence-electron chi connectivity index (χ4n) is 8.00. The molecular formula is C31H35F5N8O4. The van der Waals surface area contributed by atoms with Crippen molar-refractivity contribution in [2.45, 2.75) is 100 Å². The van der Waals surface area contributed by atoms with Crippen molar-refractivity contribution in [2.75, 3.05) is 19.8 Å². The van der Waals surface area contributed by atoms with Crippen LogP contribution >= 0.6 is 0 Å². The summed E-state index contributed by atoms with van der Waals surface area (Å²) in [5.41, 5.74) is 0.359. The number of nitrogens with zero attached hydrogens (tertiary/aromatic N) is 6. The second kappa shape index (κ2) is 11.4. The number of piperidine rings is 1. The maximum absolute atomic E-state index is 14.7. The number of nitrogens with one attached hydrogen (secondary N) is 2. The smallest absolute Gasteiger partial charge is 0.381 e. The first-order valence-corrected chi connectivity index (χ1v) is 16.6. The Balaban J connectivity index is 1.17. The lowest BCUT2D eigenvalue weighted by molar-refractivity contribution is -0.185. The van der Waals surface area contributed by atoms with Crippen LogP contribution in [-0.2, 0) is 9.53 Å². The Bertz CT molecular complexity index is 1730. The zero-order valence-electron chi connectivity index (χ0n) is 25.9. The molecule has 0 radical (unpaired) electrons. The molecular weight excluding hydrogens is 643 g/mol. The van der Waals surface area contributed by atoms with E-state index >= 15 is 0 Å². The summed E-state index contributed by atoms with van der Waals surface area (Å²) < 4.78 is 82.7.